The maximum atomic E-state index is 12.6. The summed E-state index contributed by atoms with van der Waals surface area (Å²) in [5.41, 5.74) is 0. The summed E-state index contributed by atoms with van der Waals surface area (Å²) < 4.78 is 26.8. The number of nitrogens with zero attached hydrogens (tertiary/aromatic N) is 1. The summed E-state index contributed by atoms with van der Waals surface area (Å²) in [7, 11) is -3.27. The van der Waals surface area contributed by atoms with Gasteiger partial charge >= 0.3 is 5.97 Å². The molecule has 0 aromatic carbocycles. The number of fused-ring (bicyclic) bond motifs is 2. The van der Waals surface area contributed by atoms with E-state index < -0.39 is 21.9 Å². The van der Waals surface area contributed by atoms with Crippen LogP contribution in [0.1, 0.15) is 44.9 Å². The Hall–Kier alpha value is -0.620. The fourth-order valence-corrected chi connectivity index (χ4v) is 6.47. The molecular formula is C12H19NO4S. The minimum Gasteiger partial charge on any atom is -0.481 e. The van der Waals surface area contributed by atoms with E-state index in [1.54, 1.807) is 4.31 Å². The molecule has 2 saturated heterocycles. The third kappa shape index (κ3) is 1.69. The predicted molar refractivity (Wildman–Crippen MR) is 65.6 cm³/mol. The van der Waals surface area contributed by atoms with Crippen LogP contribution in [0.25, 0.3) is 0 Å². The second-order valence-corrected chi connectivity index (χ2v) is 7.88. The van der Waals surface area contributed by atoms with Gasteiger partial charge in [0.25, 0.3) is 0 Å². The molecule has 0 aromatic heterocycles. The molecule has 2 heterocycles. The molecule has 3 rings (SSSR count). The van der Waals surface area contributed by atoms with Gasteiger partial charge in [0.2, 0.25) is 10.0 Å². The number of sulfonamides is 1. The zero-order valence-electron chi connectivity index (χ0n) is 10.3. The van der Waals surface area contributed by atoms with Crippen molar-refractivity contribution in [3.05, 3.63) is 0 Å². The summed E-state index contributed by atoms with van der Waals surface area (Å²) >= 11 is 0. The Kier molecular flexibility index (Phi) is 2.90. The van der Waals surface area contributed by atoms with Crippen LogP contribution < -0.4 is 0 Å². The first-order valence-corrected chi connectivity index (χ1v) is 8.27. The first kappa shape index (κ1) is 12.4. The van der Waals surface area contributed by atoms with Crippen molar-refractivity contribution in [2.45, 2.75) is 62.3 Å². The standard InChI is InChI=1S/C12H19NO4S/c14-12(15)10-7-8-5-6-11(10)13(8)18(16,17)9-3-1-2-4-9/h8-11H,1-7H2,(H,14,15). The van der Waals surface area contributed by atoms with Gasteiger partial charge in [-0.2, -0.15) is 4.31 Å². The third-order valence-corrected chi connectivity index (χ3v) is 7.28. The molecule has 0 amide bonds. The number of carboxylic acid groups (broad SMARTS) is 1. The number of hydrogen-bond acceptors (Lipinski definition) is 3. The molecule has 1 saturated carbocycles. The molecule has 3 fully saturated rings. The molecule has 18 heavy (non-hydrogen) atoms. The molecule has 0 aromatic rings. The Bertz CT molecular complexity index is 455. The predicted octanol–water partition coefficient (Wildman–Crippen LogP) is 1.20. The van der Waals surface area contributed by atoms with Gasteiger partial charge in [0.15, 0.2) is 0 Å². The van der Waals surface area contributed by atoms with E-state index in [0.717, 1.165) is 32.1 Å². The lowest BCUT2D eigenvalue weighted by molar-refractivity contribution is -0.142. The van der Waals surface area contributed by atoms with E-state index in [4.69, 9.17) is 5.11 Å². The van der Waals surface area contributed by atoms with Crippen molar-refractivity contribution in [3.63, 3.8) is 0 Å². The average molecular weight is 273 g/mol. The summed E-state index contributed by atoms with van der Waals surface area (Å²) in [4.78, 5) is 11.2. The van der Waals surface area contributed by atoms with Crippen molar-refractivity contribution in [1.82, 2.24) is 4.31 Å². The van der Waals surface area contributed by atoms with Crippen molar-refractivity contribution in [3.8, 4) is 0 Å². The van der Waals surface area contributed by atoms with E-state index in [0.29, 0.717) is 12.8 Å². The Balaban J connectivity index is 1.87. The van der Waals surface area contributed by atoms with Crippen molar-refractivity contribution in [1.29, 1.82) is 0 Å². The van der Waals surface area contributed by atoms with Crippen LogP contribution in [0, 0.1) is 5.92 Å². The van der Waals surface area contributed by atoms with Gasteiger partial charge < -0.3 is 5.11 Å². The van der Waals surface area contributed by atoms with Crippen molar-refractivity contribution >= 4 is 16.0 Å². The fourth-order valence-electron chi connectivity index (χ4n) is 3.96. The van der Waals surface area contributed by atoms with Crippen LogP contribution in [0.4, 0.5) is 0 Å². The van der Waals surface area contributed by atoms with Gasteiger partial charge in [-0.1, -0.05) is 12.8 Å². The second-order valence-electron chi connectivity index (χ2n) is 5.76. The van der Waals surface area contributed by atoms with E-state index in [1.165, 1.54) is 0 Å². The summed E-state index contributed by atoms with van der Waals surface area (Å²) in [5, 5.41) is 8.91. The Morgan fingerprint density at radius 3 is 2.33 bits per heavy atom. The zero-order chi connectivity index (χ0) is 12.9. The van der Waals surface area contributed by atoms with Gasteiger partial charge in [0, 0.05) is 12.1 Å². The maximum Gasteiger partial charge on any atom is 0.308 e. The Morgan fingerprint density at radius 1 is 1.11 bits per heavy atom. The van der Waals surface area contributed by atoms with Gasteiger partial charge in [-0.15, -0.1) is 0 Å². The van der Waals surface area contributed by atoms with E-state index >= 15 is 0 Å². The van der Waals surface area contributed by atoms with E-state index in [9.17, 15) is 13.2 Å². The SMILES string of the molecule is O=C(O)C1CC2CCC1N2S(=O)(=O)C1CCCC1. The van der Waals surface area contributed by atoms with Gasteiger partial charge in [0.05, 0.1) is 11.2 Å². The van der Waals surface area contributed by atoms with Gasteiger partial charge in [-0.05, 0) is 32.1 Å². The zero-order valence-corrected chi connectivity index (χ0v) is 11.1. The molecule has 2 bridgehead atoms. The van der Waals surface area contributed by atoms with Crippen LogP contribution in [0.15, 0.2) is 0 Å². The molecular weight excluding hydrogens is 254 g/mol. The normalized spacial score (nSPS) is 37.4. The monoisotopic (exact) mass is 273 g/mol. The smallest absolute Gasteiger partial charge is 0.308 e. The molecule has 6 heteroatoms. The summed E-state index contributed by atoms with van der Waals surface area (Å²) in [6, 6.07) is -0.334. The van der Waals surface area contributed by atoms with E-state index in [1.807, 2.05) is 0 Å². The second kappa shape index (κ2) is 4.20. The lowest BCUT2D eigenvalue weighted by atomic mass is 9.89. The molecule has 102 valence electrons. The number of rotatable bonds is 3. The number of carboxylic acids is 1. The first-order chi connectivity index (χ1) is 8.51. The highest BCUT2D eigenvalue weighted by Crippen LogP contribution is 2.45. The minimum absolute atomic E-state index is 0.0540. The molecule has 0 spiro atoms. The average Bonchev–Trinajstić information content (AvgIpc) is 3.04. The molecule has 1 N–H and O–H groups in total. The van der Waals surface area contributed by atoms with Crippen molar-refractivity contribution in [2.24, 2.45) is 5.92 Å². The number of aliphatic carboxylic acids is 1. The van der Waals surface area contributed by atoms with Crippen molar-refractivity contribution in [2.75, 3.05) is 0 Å². The topological polar surface area (TPSA) is 74.7 Å². The minimum atomic E-state index is -3.27. The molecule has 3 atom stereocenters. The maximum absolute atomic E-state index is 12.6. The lowest BCUT2D eigenvalue weighted by Gasteiger charge is -2.25. The molecule has 5 nitrogen and oxygen atoms in total. The van der Waals surface area contributed by atoms with Crippen LogP contribution in [0.5, 0.6) is 0 Å². The quantitative estimate of drug-likeness (QED) is 0.838. The first-order valence-electron chi connectivity index (χ1n) is 6.77. The van der Waals surface area contributed by atoms with Crippen molar-refractivity contribution < 1.29 is 18.3 Å². The third-order valence-electron chi connectivity index (χ3n) is 4.81. The molecule has 3 aliphatic rings. The highest BCUT2D eigenvalue weighted by molar-refractivity contribution is 7.89. The van der Waals surface area contributed by atoms with Crippen LogP contribution >= 0.6 is 0 Å². The molecule has 0 radical (unpaired) electrons. The van der Waals surface area contributed by atoms with Gasteiger partial charge in [-0.25, -0.2) is 8.42 Å². The van der Waals surface area contributed by atoms with E-state index in [2.05, 4.69) is 0 Å². The molecule has 2 aliphatic heterocycles. The highest BCUT2D eigenvalue weighted by Gasteiger charge is 2.55. The lowest BCUT2D eigenvalue weighted by Crippen LogP contribution is -2.42. The number of carbonyl (C=O) groups is 1. The van der Waals surface area contributed by atoms with Gasteiger partial charge in [-0.3, -0.25) is 4.79 Å². The molecule has 1 aliphatic carbocycles. The largest absolute Gasteiger partial charge is 0.481 e. The van der Waals surface area contributed by atoms with Crippen LogP contribution in [0.3, 0.4) is 0 Å². The summed E-state index contributed by atoms with van der Waals surface area (Å²) in [6.45, 7) is 0. The van der Waals surface area contributed by atoms with Crippen LogP contribution in [0.2, 0.25) is 0 Å². The van der Waals surface area contributed by atoms with Gasteiger partial charge in [0.1, 0.15) is 0 Å². The van der Waals surface area contributed by atoms with E-state index in [-0.39, 0.29) is 17.3 Å². The van der Waals surface area contributed by atoms with Crippen LogP contribution in [-0.2, 0) is 14.8 Å². The highest BCUT2D eigenvalue weighted by atomic mass is 32.2. The van der Waals surface area contributed by atoms with Crippen LogP contribution in [-0.4, -0.2) is 41.1 Å². The Morgan fingerprint density at radius 2 is 1.78 bits per heavy atom. The molecule has 3 unspecified atom stereocenters. The summed E-state index contributed by atoms with van der Waals surface area (Å²) in [6.07, 6.45) is 5.51. The number of hydrogen-bond donors (Lipinski definition) is 1. The summed E-state index contributed by atoms with van der Waals surface area (Å²) in [5.74, 6) is -1.33. The Labute approximate surface area is 107 Å². The fraction of sp³-hybridized carbons (Fsp3) is 0.917.